The molecule has 0 amide bonds. The van der Waals surface area contributed by atoms with Crippen LogP contribution in [0.25, 0.3) is 0 Å². The lowest BCUT2D eigenvalue weighted by molar-refractivity contribution is 0.00578. The first-order chi connectivity index (χ1) is 9.28. The smallest absolute Gasteiger partial charge is 0.399 e. The maximum Gasteiger partial charge on any atom is 0.495 e. The number of aliphatic hydroxyl groups excluding tert-OH is 1. The molecule has 1 aromatic heterocycles. The van der Waals surface area contributed by atoms with E-state index in [0.29, 0.717) is 13.1 Å². The topological polar surface area (TPSA) is 54.8 Å². The van der Waals surface area contributed by atoms with Gasteiger partial charge in [-0.25, -0.2) is 4.98 Å². The lowest BCUT2D eigenvalue weighted by atomic mass is 9.79. The highest BCUT2D eigenvalue weighted by molar-refractivity contribution is 6.62. The Balaban J connectivity index is 1.80. The predicted molar refractivity (Wildman–Crippen MR) is 78.2 cm³/mol. The van der Waals surface area contributed by atoms with E-state index >= 15 is 0 Å². The van der Waals surface area contributed by atoms with E-state index in [-0.39, 0.29) is 24.4 Å². The van der Waals surface area contributed by atoms with E-state index in [2.05, 4.69) is 4.98 Å². The van der Waals surface area contributed by atoms with Crippen LogP contribution in [0.15, 0.2) is 18.3 Å². The molecule has 1 aromatic rings. The number of nitrogens with zero attached hydrogens (tertiary/aromatic N) is 2. The normalized spacial score (nSPS) is 24.9. The second kappa shape index (κ2) is 4.45. The van der Waals surface area contributed by atoms with E-state index in [1.165, 1.54) is 0 Å². The third-order valence-corrected chi connectivity index (χ3v) is 4.48. The van der Waals surface area contributed by atoms with Crippen LogP contribution in [0.5, 0.6) is 0 Å². The lowest BCUT2D eigenvalue weighted by Crippen LogP contribution is -2.51. The van der Waals surface area contributed by atoms with Gasteiger partial charge in [-0.1, -0.05) is 0 Å². The van der Waals surface area contributed by atoms with Gasteiger partial charge in [-0.3, -0.25) is 0 Å². The number of β-amino-alcohol motifs (C(OH)–C–C–N with tert-alkyl or cyclic N) is 1. The third-order valence-electron chi connectivity index (χ3n) is 4.48. The van der Waals surface area contributed by atoms with Crippen molar-refractivity contribution in [2.24, 2.45) is 0 Å². The highest BCUT2D eigenvalue weighted by atomic mass is 16.7. The Bertz CT molecular complexity index is 499. The summed E-state index contributed by atoms with van der Waals surface area (Å²) in [6.07, 6.45) is 1.53. The van der Waals surface area contributed by atoms with Gasteiger partial charge in [0.15, 0.2) is 0 Å². The second-order valence-electron chi connectivity index (χ2n) is 6.59. The van der Waals surface area contributed by atoms with Crippen molar-refractivity contribution in [3.8, 4) is 0 Å². The number of aromatic nitrogens is 1. The molecule has 0 atom stereocenters. The molecule has 0 unspecified atom stereocenters. The molecule has 0 aliphatic carbocycles. The van der Waals surface area contributed by atoms with Crippen molar-refractivity contribution in [1.82, 2.24) is 4.98 Å². The summed E-state index contributed by atoms with van der Waals surface area (Å²) in [5.41, 5.74) is 0.289. The number of anilines is 1. The van der Waals surface area contributed by atoms with E-state index in [4.69, 9.17) is 9.31 Å². The molecule has 2 aliphatic rings. The van der Waals surface area contributed by atoms with Crippen molar-refractivity contribution in [3.05, 3.63) is 18.3 Å². The average molecular weight is 276 g/mol. The molecule has 2 saturated heterocycles. The van der Waals surface area contributed by atoms with Gasteiger partial charge >= 0.3 is 7.12 Å². The molecular weight excluding hydrogens is 255 g/mol. The highest BCUT2D eigenvalue weighted by Gasteiger charge is 2.51. The molecule has 0 saturated carbocycles. The molecule has 20 heavy (non-hydrogen) atoms. The fourth-order valence-corrected chi connectivity index (χ4v) is 2.38. The molecule has 1 N–H and O–H groups in total. The van der Waals surface area contributed by atoms with Gasteiger partial charge in [0.2, 0.25) is 0 Å². The van der Waals surface area contributed by atoms with Gasteiger partial charge in [-0.2, -0.15) is 0 Å². The van der Waals surface area contributed by atoms with Gasteiger partial charge in [0.05, 0.1) is 17.3 Å². The van der Waals surface area contributed by atoms with Gasteiger partial charge in [0.1, 0.15) is 5.82 Å². The van der Waals surface area contributed by atoms with E-state index in [9.17, 15) is 5.11 Å². The molecule has 5 nitrogen and oxygen atoms in total. The Morgan fingerprint density at radius 3 is 2.40 bits per heavy atom. The number of pyridine rings is 1. The quantitative estimate of drug-likeness (QED) is 0.800. The molecule has 3 heterocycles. The Labute approximate surface area is 120 Å². The van der Waals surface area contributed by atoms with Crippen molar-refractivity contribution >= 4 is 18.4 Å². The van der Waals surface area contributed by atoms with Crippen molar-refractivity contribution in [2.45, 2.75) is 45.0 Å². The van der Waals surface area contributed by atoms with E-state index in [0.717, 1.165) is 11.3 Å². The largest absolute Gasteiger partial charge is 0.495 e. The molecule has 0 radical (unpaired) electrons. The minimum atomic E-state index is -0.368. The van der Waals surface area contributed by atoms with Crippen molar-refractivity contribution < 1.29 is 14.4 Å². The van der Waals surface area contributed by atoms with E-state index in [1.807, 2.05) is 44.7 Å². The summed E-state index contributed by atoms with van der Waals surface area (Å²) >= 11 is 0. The summed E-state index contributed by atoms with van der Waals surface area (Å²) < 4.78 is 12.1. The number of rotatable bonds is 2. The second-order valence-corrected chi connectivity index (χ2v) is 6.59. The molecule has 0 bridgehead atoms. The molecule has 0 spiro atoms. The van der Waals surface area contributed by atoms with Crippen LogP contribution in [0.1, 0.15) is 27.7 Å². The van der Waals surface area contributed by atoms with Crippen LogP contribution in [0.4, 0.5) is 5.82 Å². The maximum atomic E-state index is 9.38. The third kappa shape index (κ3) is 2.22. The van der Waals surface area contributed by atoms with Crippen LogP contribution >= 0.6 is 0 Å². The van der Waals surface area contributed by atoms with Crippen LogP contribution in [0.2, 0.25) is 0 Å². The van der Waals surface area contributed by atoms with E-state index in [1.54, 1.807) is 6.20 Å². The van der Waals surface area contributed by atoms with Crippen LogP contribution in [-0.2, 0) is 9.31 Å². The highest BCUT2D eigenvalue weighted by Crippen LogP contribution is 2.36. The lowest BCUT2D eigenvalue weighted by Gasteiger charge is -2.37. The monoisotopic (exact) mass is 276 g/mol. The zero-order chi connectivity index (χ0) is 14.5. The van der Waals surface area contributed by atoms with Crippen molar-refractivity contribution in [3.63, 3.8) is 0 Å². The summed E-state index contributed by atoms with van der Waals surface area (Å²) in [7, 11) is -0.368. The number of aliphatic hydroxyl groups is 1. The van der Waals surface area contributed by atoms with Gasteiger partial charge in [0.25, 0.3) is 0 Å². The first kappa shape index (κ1) is 13.9. The Morgan fingerprint density at radius 1 is 1.25 bits per heavy atom. The molecular formula is C14H21BN2O3. The van der Waals surface area contributed by atoms with Crippen LogP contribution < -0.4 is 10.4 Å². The molecule has 108 valence electrons. The SMILES string of the molecule is CC1(C)OB(c2ccnc(N3CC(O)C3)c2)OC1(C)C. The van der Waals surface area contributed by atoms with Crippen LogP contribution in [-0.4, -0.2) is 47.6 Å². The molecule has 3 rings (SSSR count). The van der Waals surface area contributed by atoms with E-state index < -0.39 is 0 Å². The van der Waals surface area contributed by atoms with Crippen molar-refractivity contribution in [2.75, 3.05) is 18.0 Å². The van der Waals surface area contributed by atoms with Gasteiger partial charge in [0, 0.05) is 19.3 Å². The van der Waals surface area contributed by atoms with Crippen molar-refractivity contribution in [1.29, 1.82) is 0 Å². The molecule has 6 heteroatoms. The zero-order valence-corrected chi connectivity index (χ0v) is 12.5. The minimum absolute atomic E-state index is 0.239. The molecule has 2 aliphatic heterocycles. The van der Waals surface area contributed by atoms with Gasteiger partial charge < -0.3 is 19.3 Å². The summed E-state index contributed by atoms with van der Waals surface area (Å²) in [6, 6.07) is 3.90. The van der Waals surface area contributed by atoms with Gasteiger partial charge in [-0.05, 0) is 45.3 Å². The maximum absolute atomic E-state index is 9.38. The summed E-state index contributed by atoms with van der Waals surface area (Å²) in [5, 5.41) is 9.38. The minimum Gasteiger partial charge on any atom is -0.399 e. The summed E-state index contributed by atoms with van der Waals surface area (Å²) in [4.78, 5) is 6.38. The predicted octanol–water partition coefficient (Wildman–Crippen LogP) is 0.562. The summed E-state index contributed by atoms with van der Waals surface area (Å²) in [6.45, 7) is 9.45. The first-order valence-electron chi connectivity index (χ1n) is 7.03. The number of hydrogen-bond donors (Lipinski definition) is 1. The standard InChI is InChI=1S/C14H21BN2O3/c1-13(2)14(3,4)20-15(19-13)10-5-6-16-12(7-10)17-8-11(18)9-17/h5-7,11,18H,8-9H2,1-4H3. The Kier molecular flexibility index (Phi) is 3.08. The van der Waals surface area contributed by atoms with Gasteiger partial charge in [-0.15, -0.1) is 0 Å². The average Bonchev–Trinajstić information content (AvgIpc) is 2.55. The van der Waals surface area contributed by atoms with Crippen LogP contribution in [0.3, 0.4) is 0 Å². The fraction of sp³-hybridized carbons (Fsp3) is 0.643. The zero-order valence-electron chi connectivity index (χ0n) is 12.5. The first-order valence-corrected chi connectivity index (χ1v) is 7.03. The fourth-order valence-electron chi connectivity index (χ4n) is 2.38. The van der Waals surface area contributed by atoms with Crippen LogP contribution in [0, 0.1) is 0 Å². The molecule has 0 aromatic carbocycles. The Morgan fingerprint density at radius 2 is 1.85 bits per heavy atom. The summed E-state index contributed by atoms with van der Waals surface area (Å²) in [5.74, 6) is 0.863. The Hall–Kier alpha value is -1.11. The molecule has 2 fully saturated rings. The number of hydrogen-bond acceptors (Lipinski definition) is 5.